The number of carbonyl (C=O) groups is 2. The predicted molar refractivity (Wildman–Crippen MR) is 138 cm³/mol. The zero-order chi connectivity index (χ0) is 24.0. The molecule has 1 fully saturated rings. The highest BCUT2D eigenvalue weighted by molar-refractivity contribution is 6.30. The maximum Gasteiger partial charge on any atom is 0.328 e. The van der Waals surface area contributed by atoms with Gasteiger partial charge in [0.2, 0.25) is 5.91 Å². The van der Waals surface area contributed by atoms with Gasteiger partial charge in [0.05, 0.1) is 5.41 Å². The zero-order valence-electron chi connectivity index (χ0n) is 19.0. The van der Waals surface area contributed by atoms with E-state index in [2.05, 4.69) is 29.6 Å². The van der Waals surface area contributed by atoms with E-state index in [1.165, 1.54) is 6.08 Å². The molecule has 0 aromatic heterocycles. The van der Waals surface area contributed by atoms with Crippen molar-refractivity contribution in [2.75, 3.05) is 5.32 Å². The van der Waals surface area contributed by atoms with Crippen molar-refractivity contribution in [1.29, 1.82) is 0 Å². The van der Waals surface area contributed by atoms with Crippen LogP contribution in [0, 0.1) is 5.41 Å². The summed E-state index contributed by atoms with van der Waals surface area (Å²) in [6.07, 6.45) is 8.26. The van der Waals surface area contributed by atoms with Crippen molar-refractivity contribution in [3.05, 3.63) is 95.0 Å². The van der Waals surface area contributed by atoms with Crippen LogP contribution in [-0.4, -0.2) is 17.0 Å². The molecule has 0 saturated heterocycles. The number of carboxylic acids is 1. The fourth-order valence-corrected chi connectivity index (χ4v) is 4.84. The molecule has 3 aromatic rings. The third-order valence-corrected chi connectivity index (χ3v) is 6.78. The Bertz CT molecular complexity index is 1180. The zero-order valence-corrected chi connectivity index (χ0v) is 19.7. The van der Waals surface area contributed by atoms with Crippen molar-refractivity contribution in [1.82, 2.24) is 0 Å². The standard InChI is InChI=1S/C29H28ClNO3/c30-25-14-12-24(13-15-25)23-10-7-22(8-11-23)20-29(17-2-1-3-18-29)28(34)31-26-6-4-5-21(19-26)9-16-27(32)33/h4-16,19H,1-3,17-18,20H2,(H,31,34)(H,32,33)/b16-9+. The highest BCUT2D eigenvalue weighted by Gasteiger charge is 2.39. The average Bonchev–Trinajstić information content (AvgIpc) is 2.85. The Morgan fingerprint density at radius 1 is 0.912 bits per heavy atom. The van der Waals surface area contributed by atoms with Crippen molar-refractivity contribution in [3.8, 4) is 11.1 Å². The molecule has 0 heterocycles. The number of hydrogen-bond donors (Lipinski definition) is 2. The Morgan fingerprint density at radius 3 is 2.21 bits per heavy atom. The van der Waals surface area contributed by atoms with Crippen LogP contribution in [0.5, 0.6) is 0 Å². The van der Waals surface area contributed by atoms with Gasteiger partial charge in [0.1, 0.15) is 0 Å². The lowest BCUT2D eigenvalue weighted by Crippen LogP contribution is -2.40. The summed E-state index contributed by atoms with van der Waals surface area (Å²) in [5.41, 5.74) is 4.34. The van der Waals surface area contributed by atoms with Crippen LogP contribution in [0.3, 0.4) is 0 Å². The van der Waals surface area contributed by atoms with Crippen LogP contribution in [0.25, 0.3) is 17.2 Å². The Balaban J connectivity index is 1.51. The largest absolute Gasteiger partial charge is 0.478 e. The molecular weight excluding hydrogens is 446 g/mol. The van der Waals surface area contributed by atoms with Crippen LogP contribution >= 0.6 is 11.6 Å². The first-order chi connectivity index (χ1) is 16.4. The minimum Gasteiger partial charge on any atom is -0.478 e. The first-order valence-electron chi connectivity index (χ1n) is 11.6. The molecule has 0 aliphatic heterocycles. The second-order valence-corrected chi connectivity index (χ2v) is 9.41. The van der Waals surface area contributed by atoms with Gasteiger partial charge in [-0.15, -0.1) is 0 Å². The van der Waals surface area contributed by atoms with E-state index in [4.69, 9.17) is 16.7 Å². The van der Waals surface area contributed by atoms with Crippen LogP contribution < -0.4 is 5.32 Å². The summed E-state index contributed by atoms with van der Waals surface area (Å²) < 4.78 is 0. The maximum atomic E-state index is 13.6. The van der Waals surface area contributed by atoms with Gasteiger partial charge >= 0.3 is 5.97 Å². The topological polar surface area (TPSA) is 66.4 Å². The average molecular weight is 474 g/mol. The Hall–Kier alpha value is -3.37. The second kappa shape index (κ2) is 10.7. The van der Waals surface area contributed by atoms with Crippen LogP contribution in [0.2, 0.25) is 5.02 Å². The summed E-state index contributed by atoms with van der Waals surface area (Å²) >= 11 is 6.01. The quantitative estimate of drug-likeness (QED) is 0.355. The SMILES string of the molecule is O=C(O)/C=C/c1cccc(NC(=O)C2(Cc3ccc(-c4ccc(Cl)cc4)cc3)CCCCC2)c1. The lowest BCUT2D eigenvalue weighted by atomic mass is 9.69. The highest BCUT2D eigenvalue weighted by atomic mass is 35.5. The molecule has 5 heteroatoms. The first-order valence-corrected chi connectivity index (χ1v) is 12.0. The molecule has 2 N–H and O–H groups in total. The van der Waals surface area contributed by atoms with Crippen LogP contribution in [-0.2, 0) is 16.0 Å². The fourth-order valence-electron chi connectivity index (χ4n) is 4.71. The number of aliphatic carboxylic acids is 1. The number of halogens is 1. The first kappa shape index (κ1) is 23.8. The number of benzene rings is 3. The summed E-state index contributed by atoms with van der Waals surface area (Å²) in [5.74, 6) is -0.967. The predicted octanol–water partition coefficient (Wildman–Crippen LogP) is 7.24. The van der Waals surface area contributed by atoms with Crippen LogP contribution in [0.1, 0.15) is 43.2 Å². The Morgan fingerprint density at radius 2 is 1.56 bits per heavy atom. The van der Waals surface area contributed by atoms with Crippen molar-refractivity contribution < 1.29 is 14.7 Å². The molecule has 0 radical (unpaired) electrons. The van der Waals surface area contributed by atoms with E-state index in [-0.39, 0.29) is 5.91 Å². The van der Waals surface area contributed by atoms with E-state index in [9.17, 15) is 9.59 Å². The number of carbonyl (C=O) groups excluding carboxylic acids is 1. The smallest absolute Gasteiger partial charge is 0.328 e. The van der Waals surface area contributed by atoms with E-state index in [1.54, 1.807) is 6.07 Å². The van der Waals surface area contributed by atoms with Gasteiger partial charge in [-0.2, -0.15) is 0 Å². The molecule has 4 nitrogen and oxygen atoms in total. The summed E-state index contributed by atoms with van der Waals surface area (Å²) in [6, 6.07) is 23.5. The third-order valence-electron chi connectivity index (χ3n) is 6.53. The van der Waals surface area contributed by atoms with Crippen molar-refractivity contribution >= 4 is 35.2 Å². The Kier molecular flexibility index (Phi) is 7.49. The van der Waals surface area contributed by atoms with Crippen LogP contribution in [0.4, 0.5) is 5.69 Å². The minimum atomic E-state index is -1.00. The molecule has 4 rings (SSSR count). The maximum absolute atomic E-state index is 13.6. The van der Waals surface area contributed by atoms with Gasteiger partial charge in [-0.05, 0) is 71.9 Å². The molecule has 3 aromatic carbocycles. The van der Waals surface area contributed by atoms with Crippen LogP contribution in [0.15, 0.2) is 78.9 Å². The number of nitrogens with one attached hydrogen (secondary N) is 1. The van der Waals surface area contributed by atoms with Gasteiger partial charge in [0, 0.05) is 16.8 Å². The van der Waals surface area contributed by atoms with E-state index < -0.39 is 11.4 Å². The third kappa shape index (κ3) is 5.95. The lowest BCUT2D eigenvalue weighted by Gasteiger charge is -2.36. The lowest BCUT2D eigenvalue weighted by molar-refractivity contribution is -0.131. The van der Waals surface area contributed by atoms with Crippen molar-refractivity contribution in [2.24, 2.45) is 5.41 Å². The second-order valence-electron chi connectivity index (χ2n) is 8.97. The highest BCUT2D eigenvalue weighted by Crippen LogP contribution is 2.40. The monoisotopic (exact) mass is 473 g/mol. The van der Waals surface area contributed by atoms with E-state index in [1.807, 2.05) is 42.5 Å². The molecule has 174 valence electrons. The molecule has 0 spiro atoms. The van der Waals surface area contributed by atoms with E-state index in [0.717, 1.165) is 60.4 Å². The molecule has 1 saturated carbocycles. The molecule has 1 amide bonds. The molecule has 0 bridgehead atoms. The normalized spacial score (nSPS) is 15.2. The van der Waals surface area contributed by atoms with Crippen molar-refractivity contribution in [3.63, 3.8) is 0 Å². The summed E-state index contributed by atoms with van der Waals surface area (Å²) in [6.45, 7) is 0. The van der Waals surface area contributed by atoms with Gasteiger partial charge in [-0.1, -0.05) is 79.4 Å². The molecular formula is C29H28ClNO3. The molecule has 0 unspecified atom stereocenters. The van der Waals surface area contributed by atoms with Gasteiger partial charge < -0.3 is 10.4 Å². The van der Waals surface area contributed by atoms with Gasteiger partial charge in [-0.3, -0.25) is 4.79 Å². The summed E-state index contributed by atoms with van der Waals surface area (Å²) in [5, 5.41) is 12.7. The molecule has 1 aliphatic rings. The van der Waals surface area contributed by atoms with Crippen molar-refractivity contribution in [2.45, 2.75) is 38.5 Å². The van der Waals surface area contributed by atoms with E-state index >= 15 is 0 Å². The molecule has 34 heavy (non-hydrogen) atoms. The minimum absolute atomic E-state index is 0.0355. The number of anilines is 1. The summed E-state index contributed by atoms with van der Waals surface area (Å²) in [7, 11) is 0. The summed E-state index contributed by atoms with van der Waals surface area (Å²) in [4.78, 5) is 24.4. The Labute approximate surface area is 205 Å². The molecule has 1 aliphatic carbocycles. The number of amides is 1. The van der Waals surface area contributed by atoms with Gasteiger partial charge in [0.15, 0.2) is 0 Å². The molecule has 0 atom stereocenters. The van der Waals surface area contributed by atoms with Gasteiger partial charge in [0.25, 0.3) is 0 Å². The number of hydrogen-bond acceptors (Lipinski definition) is 2. The van der Waals surface area contributed by atoms with Gasteiger partial charge in [-0.25, -0.2) is 4.79 Å². The number of rotatable bonds is 7. The fraction of sp³-hybridized carbons (Fsp3) is 0.241. The number of carboxylic acid groups (broad SMARTS) is 1. The van der Waals surface area contributed by atoms with E-state index in [0.29, 0.717) is 17.1 Å².